The number of benzene rings is 2. The van der Waals surface area contributed by atoms with E-state index in [4.69, 9.17) is 0 Å². The molecule has 2 rings (SSSR count). The molecule has 0 aliphatic heterocycles. The highest BCUT2D eigenvalue weighted by molar-refractivity contribution is 7.99. The smallest absolute Gasteiger partial charge is 0.242 e. The Morgan fingerprint density at radius 3 is 2.41 bits per heavy atom. The number of nitrogens with zero attached hydrogens (tertiary/aromatic N) is 1. The van der Waals surface area contributed by atoms with Gasteiger partial charge in [-0.15, -0.1) is 11.8 Å². The zero-order valence-corrected chi connectivity index (χ0v) is 17.9. The normalized spacial score (nSPS) is 11.7. The number of amides is 2. The quantitative estimate of drug-likeness (QED) is 0.553. The van der Waals surface area contributed by atoms with Gasteiger partial charge in [0.2, 0.25) is 11.8 Å². The number of carbonyl (C=O) groups excluding carboxylic acids is 2. The Kier molecular flexibility index (Phi) is 9.71. The number of halogens is 1. The summed E-state index contributed by atoms with van der Waals surface area (Å²) in [4.78, 5) is 27.0. The highest BCUT2D eigenvalue weighted by atomic mass is 32.2. The van der Waals surface area contributed by atoms with E-state index >= 15 is 0 Å². The van der Waals surface area contributed by atoms with E-state index in [0.717, 1.165) is 29.7 Å². The molecule has 1 atom stereocenters. The van der Waals surface area contributed by atoms with Crippen LogP contribution in [-0.2, 0) is 21.9 Å². The van der Waals surface area contributed by atoms with Crippen LogP contribution < -0.4 is 5.32 Å². The minimum atomic E-state index is -0.596. The summed E-state index contributed by atoms with van der Waals surface area (Å²) >= 11 is 1.52. The summed E-state index contributed by atoms with van der Waals surface area (Å²) < 4.78 is 13.2. The lowest BCUT2D eigenvalue weighted by Crippen LogP contribution is -2.48. The predicted octanol–water partition coefficient (Wildman–Crippen LogP) is 4.39. The number of carbonyl (C=O) groups is 2. The molecule has 1 unspecified atom stereocenters. The van der Waals surface area contributed by atoms with Crippen molar-refractivity contribution in [1.82, 2.24) is 10.2 Å². The first-order valence-corrected chi connectivity index (χ1v) is 11.1. The predicted molar refractivity (Wildman–Crippen MR) is 117 cm³/mol. The van der Waals surface area contributed by atoms with Crippen molar-refractivity contribution >= 4 is 23.6 Å². The zero-order chi connectivity index (χ0) is 21.1. The van der Waals surface area contributed by atoms with Crippen molar-refractivity contribution in [2.75, 3.05) is 12.3 Å². The third-order valence-electron chi connectivity index (χ3n) is 4.60. The van der Waals surface area contributed by atoms with Crippen LogP contribution >= 0.6 is 11.8 Å². The summed E-state index contributed by atoms with van der Waals surface area (Å²) in [6.45, 7) is 4.67. The van der Waals surface area contributed by atoms with Crippen molar-refractivity contribution in [3.05, 3.63) is 71.5 Å². The molecule has 0 spiro atoms. The van der Waals surface area contributed by atoms with Gasteiger partial charge in [-0.25, -0.2) is 4.39 Å². The van der Waals surface area contributed by atoms with E-state index in [1.807, 2.05) is 30.3 Å². The lowest BCUT2D eigenvalue weighted by Gasteiger charge is -2.28. The van der Waals surface area contributed by atoms with Crippen molar-refractivity contribution < 1.29 is 14.0 Å². The van der Waals surface area contributed by atoms with Crippen LogP contribution in [-0.4, -0.2) is 35.1 Å². The summed E-state index contributed by atoms with van der Waals surface area (Å²) in [7, 11) is 0. The third kappa shape index (κ3) is 7.89. The van der Waals surface area contributed by atoms with Crippen LogP contribution in [0.2, 0.25) is 0 Å². The Labute approximate surface area is 176 Å². The molecule has 4 nitrogen and oxygen atoms in total. The number of thioether (sulfide) groups is 1. The maximum Gasteiger partial charge on any atom is 0.242 e. The highest BCUT2D eigenvalue weighted by Crippen LogP contribution is 2.16. The van der Waals surface area contributed by atoms with Crippen LogP contribution in [0.25, 0.3) is 0 Å². The molecule has 29 heavy (non-hydrogen) atoms. The summed E-state index contributed by atoms with van der Waals surface area (Å²) in [6.07, 6.45) is 1.89. The first-order chi connectivity index (χ1) is 14.0. The molecule has 0 radical (unpaired) electrons. The van der Waals surface area contributed by atoms with E-state index in [-0.39, 0.29) is 29.9 Å². The molecule has 0 saturated heterocycles. The van der Waals surface area contributed by atoms with Crippen molar-refractivity contribution in [3.63, 3.8) is 0 Å². The number of nitrogens with one attached hydrogen (secondary N) is 1. The van der Waals surface area contributed by atoms with Gasteiger partial charge in [0.25, 0.3) is 0 Å². The van der Waals surface area contributed by atoms with Gasteiger partial charge >= 0.3 is 0 Å². The molecule has 2 aromatic carbocycles. The molecule has 1 N–H and O–H groups in total. The Balaban J connectivity index is 2.02. The molecular formula is C23H29FN2O2S. The van der Waals surface area contributed by atoms with E-state index < -0.39 is 6.04 Å². The number of hydrogen-bond donors (Lipinski definition) is 1. The molecule has 0 saturated carbocycles. The Bertz CT molecular complexity index is 768. The van der Waals surface area contributed by atoms with Crippen LogP contribution in [0.5, 0.6) is 0 Å². The van der Waals surface area contributed by atoms with Crippen molar-refractivity contribution in [2.45, 2.75) is 45.0 Å². The standard InChI is InChI=1S/C23H29FN2O2S/c1-3-4-14-25-23(28)18(2)26(15-19-10-12-21(24)13-11-19)22(27)17-29-16-20-8-6-5-7-9-20/h5-13,18H,3-4,14-17H2,1-2H3,(H,25,28). The zero-order valence-electron chi connectivity index (χ0n) is 17.1. The number of unbranched alkanes of at least 4 members (excludes halogenated alkanes) is 1. The van der Waals surface area contributed by atoms with E-state index in [1.165, 1.54) is 23.9 Å². The van der Waals surface area contributed by atoms with E-state index in [0.29, 0.717) is 6.54 Å². The fourth-order valence-corrected chi connectivity index (χ4v) is 3.69. The summed E-state index contributed by atoms with van der Waals surface area (Å²) in [5.74, 6) is 0.419. The molecule has 0 heterocycles. The van der Waals surface area contributed by atoms with E-state index in [2.05, 4.69) is 12.2 Å². The summed E-state index contributed by atoms with van der Waals surface area (Å²) in [6, 6.07) is 15.4. The molecule has 0 bridgehead atoms. The van der Waals surface area contributed by atoms with Crippen molar-refractivity contribution in [2.24, 2.45) is 0 Å². The second-order valence-corrected chi connectivity index (χ2v) is 7.93. The van der Waals surface area contributed by atoms with Crippen LogP contribution in [0.15, 0.2) is 54.6 Å². The largest absolute Gasteiger partial charge is 0.354 e. The SMILES string of the molecule is CCCCNC(=O)C(C)N(Cc1ccc(F)cc1)C(=O)CSCc1ccccc1. The fraction of sp³-hybridized carbons (Fsp3) is 0.391. The Hall–Kier alpha value is -2.34. The lowest BCUT2D eigenvalue weighted by molar-refractivity contribution is -0.138. The van der Waals surface area contributed by atoms with Crippen LogP contribution in [0.4, 0.5) is 4.39 Å². The maximum absolute atomic E-state index is 13.2. The maximum atomic E-state index is 13.2. The van der Waals surface area contributed by atoms with Crippen LogP contribution in [0.1, 0.15) is 37.8 Å². The summed E-state index contributed by atoms with van der Waals surface area (Å²) in [5.41, 5.74) is 1.95. The monoisotopic (exact) mass is 416 g/mol. The molecule has 2 amide bonds. The minimum Gasteiger partial charge on any atom is -0.354 e. The van der Waals surface area contributed by atoms with Gasteiger partial charge in [-0.05, 0) is 36.6 Å². The van der Waals surface area contributed by atoms with E-state index in [9.17, 15) is 14.0 Å². The first-order valence-electron chi connectivity index (χ1n) is 9.94. The van der Waals surface area contributed by atoms with Crippen molar-refractivity contribution in [3.8, 4) is 0 Å². The summed E-state index contributed by atoms with van der Waals surface area (Å²) in [5, 5.41) is 2.90. The molecule has 0 aliphatic rings. The molecular weight excluding hydrogens is 387 g/mol. The second-order valence-electron chi connectivity index (χ2n) is 6.95. The molecule has 2 aromatic rings. The van der Waals surface area contributed by atoms with Gasteiger partial charge in [-0.2, -0.15) is 0 Å². The van der Waals surface area contributed by atoms with E-state index in [1.54, 1.807) is 24.0 Å². The van der Waals surface area contributed by atoms with Crippen LogP contribution in [0, 0.1) is 5.82 Å². The topological polar surface area (TPSA) is 49.4 Å². The molecule has 156 valence electrons. The van der Waals surface area contributed by atoms with Crippen LogP contribution in [0.3, 0.4) is 0 Å². The lowest BCUT2D eigenvalue weighted by atomic mass is 10.1. The third-order valence-corrected chi connectivity index (χ3v) is 5.59. The van der Waals surface area contributed by atoms with Gasteiger partial charge < -0.3 is 10.2 Å². The number of hydrogen-bond acceptors (Lipinski definition) is 3. The average molecular weight is 417 g/mol. The molecule has 0 fully saturated rings. The van der Waals surface area contributed by atoms with Gasteiger partial charge in [-0.1, -0.05) is 55.8 Å². The highest BCUT2D eigenvalue weighted by Gasteiger charge is 2.25. The Morgan fingerprint density at radius 2 is 1.76 bits per heavy atom. The minimum absolute atomic E-state index is 0.103. The second kappa shape index (κ2) is 12.3. The van der Waals surface area contributed by atoms with Gasteiger partial charge in [0.15, 0.2) is 0 Å². The molecule has 6 heteroatoms. The fourth-order valence-electron chi connectivity index (χ4n) is 2.82. The van der Waals surface area contributed by atoms with Crippen molar-refractivity contribution in [1.29, 1.82) is 0 Å². The first kappa shape index (κ1) is 22.9. The molecule has 0 aliphatic carbocycles. The average Bonchev–Trinajstić information content (AvgIpc) is 2.73. The Morgan fingerprint density at radius 1 is 1.07 bits per heavy atom. The molecule has 0 aromatic heterocycles. The van der Waals surface area contributed by atoms with Gasteiger partial charge in [0.1, 0.15) is 11.9 Å². The number of rotatable bonds is 11. The van der Waals surface area contributed by atoms with Gasteiger partial charge in [-0.3, -0.25) is 9.59 Å². The van der Waals surface area contributed by atoms with Gasteiger partial charge in [0, 0.05) is 18.8 Å². The van der Waals surface area contributed by atoms with Gasteiger partial charge in [0.05, 0.1) is 5.75 Å².